The molecule has 0 amide bonds. The van der Waals surface area contributed by atoms with E-state index in [1.165, 1.54) is 6.08 Å². The van der Waals surface area contributed by atoms with Gasteiger partial charge in [0.1, 0.15) is 5.75 Å². The first kappa shape index (κ1) is 12.0. The number of carbonyl (C=O) groups is 1. The van der Waals surface area contributed by atoms with Crippen LogP contribution in [-0.4, -0.2) is 12.3 Å². The lowest BCUT2D eigenvalue weighted by molar-refractivity contribution is -0.318. The van der Waals surface area contributed by atoms with Gasteiger partial charge in [0, 0.05) is 6.08 Å². The fourth-order valence-electron chi connectivity index (χ4n) is 0.869. The highest BCUT2D eigenvalue weighted by Gasteiger charge is 2.09. The average Bonchev–Trinajstić information content (AvgIpc) is 2.35. The van der Waals surface area contributed by atoms with Crippen LogP contribution in [0, 0.1) is 0 Å². The molecule has 1 atom stereocenters. The third-order valence-corrected chi connectivity index (χ3v) is 1.58. The topological polar surface area (TPSA) is 44.8 Å². The molecule has 4 nitrogen and oxygen atoms in total. The summed E-state index contributed by atoms with van der Waals surface area (Å²) in [6, 6.07) is 8.97. The Morgan fingerprint density at radius 2 is 1.94 bits per heavy atom. The van der Waals surface area contributed by atoms with Crippen molar-refractivity contribution in [2.24, 2.45) is 0 Å². The van der Waals surface area contributed by atoms with Crippen molar-refractivity contribution < 1.29 is 19.3 Å². The molecule has 1 aromatic carbocycles. The lowest BCUT2D eigenvalue weighted by atomic mass is 10.3. The molecule has 0 saturated carbocycles. The first-order valence-corrected chi connectivity index (χ1v) is 4.60. The third-order valence-electron chi connectivity index (χ3n) is 1.58. The van der Waals surface area contributed by atoms with Crippen molar-refractivity contribution in [3.63, 3.8) is 0 Å². The van der Waals surface area contributed by atoms with Crippen molar-refractivity contribution in [2.75, 3.05) is 0 Å². The van der Waals surface area contributed by atoms with E-state index in [1.807, 2.05) is 18.2 Å². The second-order valence-corrected chi connectivity index (χ2v) is 2.74. The van der Waals surface area contributed by atoms with Gasteiger partial charge >= 0.3 is 5.97 Å². The van der Waals surface area contributed by atoms with E-state index in [0.717, 1.165) is 6.08 Å². The molecule has 1 aromatic rings. The zero-order chi connectivity index (χ0) is 11.8. The van der Waals surface area contributed by atoms with Gasteiger partial charge in [0.15, 0.2) is 0 Å². The van der Waals surface area contributed by atoms with Gasteiger partial charge in [0.25, 0.3) is 6.29 Å². The minimum atomic E-state index is -0.855. The predicted octanol–water partition coefficient (Wildman–Crippen LogP) is 2.24. The summed E-state index contributed by atoms with van der Waals surface area (Å²) in [6.45, 7) is 6.72. The van der Waals surface area contributed by atoms with Gasteiger partial charge in [-0.2, -0.15) is 0 Å². The first-order valence-electron chi connectivity index (χ1n) is 4.60. The van der Waals surface area contributed by atoms with E-state index < -0.39 is 12.3 Å². The Bertz CT molecular complexity index is 359. The molecule has 0 bridgehead atoms. The minimum Gasteiger partial charge on any atom is -0.457 e. The normalized spacial score (nSPS) is 11.2. The largest absolute Gasteiger partial charge is 0.457 e. The van der Waals surface area contributed by atoms with Crippen LogP contribution in [-0.2, 0) is 14.6 Å². The molecule has 1 unspecified atom stereocenters. The minimum absolute atomic E-state index is 0.585. The summed E-state index contributed by atoms with van der Waals surface area (Å²) in [6.07, 6.45) is 1.50. The Morgan fingerprint density at radius 1 is 1.25 bits per heavy atom. The number of ether oxygens (including phenoxy) is 1. The highest BCUT2D eigenvalue weighted by atomic mass is 17.2. The van der Waals surface area contributed by atoms with E-state index in [1.54, 1.807) is 12.1 Å². The predicted molar refractivity (Wildman–Crippen MR) is 58.4 cm³/mol. The van der Waals surface area contributed by atoms with Crippen molar-refractivity contribution >= 4 is 5.97 Å². The van der Waals surface area contributed by atoms with Gasteiger partial charge < -0.3 is 4.74 Å². The van der Waals surface area contributed by atoms with Crippen LogP contribution < -0.4 is 4.74 Å². The maximum Gasteiger partial charge on any atom is 0.365 e. The zero-order valence-corrected chi connectivity index (χ0v) is 8.67. The molecule has 4 heteroatoms. The maximum atomic E-state index is 10.7. The van der Waals surface area contributed by atoms with Gasteiger partial charge in [0.2, 0.25) is 0 Å². The van der Waals surface area contributed by atoms with Crippen molar-refractivity contribution in [1.82, 2.24) is 0 Å². The average molecular weight is 220 g/mol. The van der Waals surface area contributed by atoms with Gasteiger partial charge in [-0.05, 0) is 18.2 Å². The van der Waals surface area contributed by atoms with E-state index in [4.69, 9.17) is 4.74 Å². The Morgan fingerprint density at radius 3 is 2.50 bits per heavy atom. The van der Waals surface area contributed by atoms with Crippen LogP contribution >= 0.6 is 0 Å². The van der Waals surface area contributed by atoms with Crippen LogP contribution in [0.15, 0.2) is 55.6 Å². The lowest BCUT2D eigenvalue weighted by Crippen LogP contribution is -2.19. The second kappa shape index (κ2) is 6.42. The highest BCUT2D eigenvalue weighted by Crippen LogP contribution is 2.12. The summed E-state index contributed by atoms with van der Waals surface area (Å²) < 4.78 is 5.31. The molecule has 0 fully saturated rings. The Balaban J connectivity index is 2.46. The Kier molecular flexibility index (Phi) is 4.82. The van der Waals surface area contributed by atoms with Crippen LogP contribution in [0.1, 0.15) is 0 Å². The molecule has 0 heterocycles. The summed E-state index contributed by atoms with van der Waals surface area (Å²) in [4.78, 5) is 19.8. The molecule has 16 heavy (non-hydrogen) atoms. The number of hydrogen-bond acceptors (Lipinski definition) is 4. The molecule has 84 valence electrons. The third kappa shape index (κ3) is 3.98. The van der Waals surface area contributed by atoms with Crippen LogP contribution in [0.5, 0.6) is 5.75 Å². The monoisotopic (exact) mass is 220 g/mol. The molecular formula is C12H12O4. The van der Waals surface area contributed by atoms with Crippen molar-refractivity contribution in [1.29, 1.82) is 0 Å². The maximum absolute atomic E-state index is 10.7. The molecule has 0 aliphatic heterocycles. The molecule has 1 rings (SSSR count). The van der Waals surface area contributed by atoms with Crippen molar-refractivity contribution in [3.8, 4) is 5.75 Å². The van der Waals surface area contributed by atoms with Crippen molar-refractivity contribution in [2.45, 2.75) is 6.29 Å². The van der Waals surface area contributed by atoms with Crippen LogP contribution in [0.2, 0.25) is 0 Å². The molecule has 0 aliphatic carbocycles. The molecule has 0 saturated heterocycles. The number of benzene rings is 1. The van der Waals surface area contributed by atoms with E-state index >= 15 is 0 Å². The van der Waals surface area contributed by atoms with E-state index in [-0.39, 0.29) is 0 Å². The summed E-state index contributed by atoms with van der Waals surface area (Å²) >= 11 is 0. The molecule has 0 N–H and O–H groups in total. The summed E-state index contributed by atoms with van der Waals surface area (Å²) in [5.41, 5.74) is 0. The Hall–Kier alpha value is -2.07. The number of rotatable bonds is 6. The zero-order valence-electron chi connectivity index (χ0n) is 8.67. The van der Waals surface area contributed by atoms with Gasteiger partial charge in [-0.1, -0.05) is 31.4 Å². The molecule has 0 aromatic heterocycles. The Labute approximate surface area is 93.7 Å². The van der Waals surface area contributed by atoms with Crippen LogP contribution in [0.3, 0.4) is 0 Å². The fraction of sp³-hybridized carbons (Fsp3) is 0.0833. The van der Waals surface area contributed by atoms with E-state index in [9.17, 15) is 4.79 Å². The van der Waals surface area contributed by atoms with Gasteiger partial charge in [-0.15, -0.1) is 4.89 Å². The summed E-state index contributed by atoms with van der Waals surface area (Å²) in [5.74, 6) is -0.106. The van der Waals surface area contributed by atoms with Crippen molar-refractivity contribution in [3.05, 3.63) is 55.6 Å². The molecule has 0 aliphatic rings. The second-order valence-electron chi connectivity index (χ2n) is 2.74. The SMILES string of the molecule is C=CC(=O)OOC(C=C)Oc1ccccc1. The first-order chi connectivity index (χ1) is 7.76. The molecule has 0 spiro atoms. The smallest absolute Gasteiger partial charge is 0.365 e. The van der Waals surface area contributed by atoms with Crippen LogP contribution in [0.25, 0.3) is 0 Å². The van der Waals surface area contributed by atoms with Gasteiger partial charge in [-0.3, -0.25) is 4.89 Å². The van der Waals surface area contributed by atoms with Gasteiger partial charge in [0.05, 0.1) is 0 Å². The van der Waals surface area contributed by atoms with Gasteiger partial charge in [-0.25, -0.2) is 4.79 Å². The molecular weight excluding hydrogens is 208 g/mol. The standard InChI is InChI=1S/C12H12O4/c1-3-11(13)15-16-12(4-2)14-10-8-6-5-7-9-10/h3-9,12H,1-2H2. The highest BCUT2D eigenvalue weighted by molar-refractivity contribution is 5.80. The summed E-state index contributed by atoms with van der Waals surface area (Å²) in [7, 11) is 0. The van der Waals surface area contributed by atoms with E-state index in [2.05, 4.69) is 22.9 Å². The molecule has 0 radical (unpaired) electrons. The van der Waals surface area contributed by atoms with Crippen LogP contribution in [0.4, 0.5) is 0 Å². The summed E-state index contributed by atoms with van der Waals surface area (Å²) in [5, 5.41) is 0. The fourth-order valence-corrected chi connectivity index (χ4v) is 0.869. The number of carbonyl (C=O) groups excluding carboxylic acids is 1. The number of hydrogen-bond donors (Lipinski definition) is 0. The number of para-hydroxylation sites is 1. The lowest BCUT2D eigenvalue weighted by Gasteiger charge is -2.13. The quantitative estimate of drug-likeness (QED) is 0.242. The van der Waals surface area contributed by atoms with E-state index in [0.29, 0.717) is 5.75 Å².